The van der Waals surface area contributed by atoms with E-state index in [0.717, 1.165) is 5.56 Å². The summed E-state index contributed by atoms with van der Waals surface area (Å²) in [6, 6.07) is 3.14. The van der Waals surface area contributed by atoms with E-state index in [0.29, 0.717) is 51.6 Å². The number of carbonyl (C=O) groups excluding carboxylic acids is 4. The molecule has 12 N–H and O–H groups in total. The number of carbonyl (C=O) groups is 6. The Labute approximate surface area is 276 Å². The van der Waals surface area contributed by atoms with E-state index in [4.69, 9.17) is 17.2 Å². The van der Waals surface area contributed by atoms with E-state index < -0.39 is 78.1 Å². The van der Waals surface area contributed by atoms with Gasteiger partial charge in [0.25, 0.3) is 0 Å². The van der Waals surface area contributed by atoms with Crippen molar-refractivity contribution < 1.29 is 39.0 Å². The lowest BCUT2D eigenvalue weighted by molar-refractivity contribution is -0.143. The molecule has 0 aliphatic rings. The van der Waals surface area contributed by atoms with Gasteiger partial charge in [0.05, 0.1) is 6.04 Å². The lowest BCUT2D eigenvalue weighted by Gasteiger charge is -2.29. The van der Waals surface area contributed by atoms with Crippen LogP contribution < -0.4 is 38.5 Å². The van der Waals surface area contributed by atoms with Gasteiger partial charge >= 0.3 is 11.9 Å². The van der Waals surface area contributed by atoms with E-state index >= 15 is 0 Å². The molecule has 0 unspecified atom stereocenters. The number of nitrogens with two attached hydrogens (primary N) is 3. The van der Waals surface area contributed by atoms with Gasteiger partial charge in [-0.15, -0.1) is 0 Å². The summed E-state index contributed by atoms with van der Waals surface area (Å²) in [4.78, 5) is 76.5. The highest BCUT2D eigenvalue weighted by Crippen LogP contribution is 2.12. The number of benzene rings is 1. The van der Waals surface area contributed by atoms with Crippen molar-refractivity contribution in [3.05, 3.63) is 35.9 Å². The maximum absolute atomic E-state index is 13.7. The highest BCUT2D eigenvalue weighted by molar-refractivity contribution is 5.95. The minimum absolute atomic E-state index is 0.0919. The fraction of sp³-hybridized carbons (Fsp3) is 0.625. The Morgan fingerprint density at radius 2 is 1.26 bits per heavy atom. The Hall–Kier alpha value is -4.08. The van der Waals surface area contributed by atoms with Gasteiger partial charge < -0.3 is 48.7 Å². The fourth-order valence-corrected chi connectivity index (χ4v) is 4.75. The van der Waals surface area contributed by atoms with E-state index in [-0.39, 0.29) is 19.3 Å². The first-order valence-corrected chi connectivity index (χ1v) is 16.2. The molecule has 0 fully saturated rings. The van der Waals surface area contributed by atoms with Crippen LogP contribution in [-0.4, -0.2) is 89.1 Å². The molecule has 0 spiro atoms. The summed E-state index contributed by atoms with van der Waals surface area (Å²) in [5, 5.41) is 29.1. The van der Waals surface area contributed by atoms with Gasteiger partial charge in [-0.2, -0.15) is 0 Å². The van der Waals surface area contributed by atoms with Gasteiger partial charge in [0.1, 0.15) is 24.2 Å². The van der Waals surface area contributed by atoms with E-state index in [1.807, 2.05) is 6.07 Å². The molecule has 0 saturated heterocycles. The summed E-state index contributed by atoms with van der Waals surface area (Å²) in [6.45, 7) is 4.32. The van der Waals surface area contributed by atoms with Crippen LogP contribution in [0, 0.1) is 5.92 Å². The van der Waals surface area contributed by atoms with Crippen molar-refractivity contribution in [1.82, 2.24) is 21.3 Å². The van der Waals surface area contributed by atoms with Crippen LogP contribution in [0.2, 0.25) is 0 Å². The molecule has 1 aromatic rings. The third-order valence-corrected chi connectivity index (χ3v) is 7.86. The fourth-order valence-electron chi connectivity index (χ4n) is 4.75. The van der Waals surface area contributed by atoms with Crippen molar-refractivity contribution in [3.63, 3.8) is 0 Å². The number of nitrogens with one attached hydrogen (secondary N) is 4. The second-order valence-electron chi connectivity index (χ2n) is 11.7. The van der Waals surface area contributed by atoms with Crippen LogP contribution >= 0.6 is 0 Å². The predicted octanol–water partition coefficient (Wildman–Crippen LogP) is -0.251. The minimum atomic E-state index is -1.40. The van der Waals surface area contributed by atoms with E-state index in [2.05, 4.69) is 21.3 Å². The van der Waals surface area contributed by atoms with Gasteiger partial charge in [-0.25, -0.2) is 4.79 Å². The average molecular weight is 664 g/mol. The zero-order valence-corrected chi connectivity index (χ0v) is 27.4. The molecule has 4 amide bonds. The van der Waals surface area contributed by atoms with Crippen molar-refractivity contribution in [3.8, 4) is 0 Å². The molecule has 0 saturated carbocycles. The van der Waals surface area contributed by atoms with Crippen molar-refractivity contribution in [2.45, 2.75) is 108 Å². The number of carboxylic acids is 2. The SMILES string of the molecule is CC[C@H](C)[C@H](NC(=O)[C@H](Cc1ccccc1)NC(=O)[C@@H](N)CCCCN)C(=O)N[C@@H](CCC(=O)O)C(=O)N[C@@H](CCCCN)C(=O)O. The molecular weight excluding hydrogens is 610 g/mol. The first kappa shape index (κ1) is 40.9. The van der Waals surface area contributed by atoms with E-state index in [9.17, 15) is 39.0 Å². The number of aliphatic carboxylic acids is 2. The van der Waals surface area contributed by atoms with Gasteiger partial charge in [0.15, 0.2) is 0 Å². The lowest BCUT2D eigenvalue weighted by atomic mass is 9.96. The summed E-state index contributed by atoms with van der Waals surface area (Å²) in [6.07, 6.45) is 2.50. The molecule has 0 aliphatic heterocycles. The normalized spacial score (nSPS) is 14.8. The van der Waals surface area contributed by atoms with Crippen molar-refractivity contribution >= 4 is 35.6 Å². The average Bonchev–Trinajstić information content (AvgIpc) is 3.04. The van der Waals surface area contributed by atoms with Crippen LogP contribution in [-0.2, 0) is 35.2 Å². The number of unbranched alkanes of at least 4 members (excludes halogenated alkanes) is 2. The topological polar surface area (TPSA) is 269 Å². The number of hydrogen-bond acceptors (Lipinski definition) is 9. The number of carboxylic acid groups (broad SMARTS) is 2. The van der Waals surface area contributed by atoms with Gasteiger partial charge in [0.2, 0.25) is 23.6 Å². The maximum atomic E-state index is 13.7. The van der Waals surface area contributed by atoms with E-state index in [1.165, 1.54) is 0 Å². The molecule has 15 heteroatoms. The quantitative estimate of drug-likeness (QED) is 0.0651. The highest BCUT2D eigenvalue weighted by Gasteiger charge is 2.34. The van der Waals surface area contributed by atoms with Crippen LogP contribution in [0.25, 0.3) is 0 Å². The molecule has 264 valence electrons. The second-order valence-corrected chi connectivity index (χ2v) is 11.7. The largest absolute Gasteiger partial charge is 0.481 e. The van der Waals surface area contributed by atoms with Gasteiger partial charge in [0, 0.05) is 12.8 Å². The minimum Gasteiger partial charge on any atom is -0.481 e. The van der Waals surface area contributed by atoms with Crippen molar-refractivity contribution in [1.29, 1.82) is 0 Å². The Morgan fingerprint density at radius 3 is 1.81 bits per heavy atom. The number of amides is 4. The molecule has 1 aromatic carbocycles. The smallest absolute Gasteiger partial charge is 0.326 e. The zero-order valence-electron chi connectivity index (χ0n) is 27.4. The van der Waals surface area contributed by atoms with Crippen LogP contribution in [0.1, 0.15) is 77.2 Å². The second kappa shape index (κ2) is 22.4. The van der Waals surface area contributed by atoms with Crippen LogP contribution in [0.4, 0.5) is 0 Å². The summed E-state index contributed by atoms with van der Waals surface area (Å²) in [5.74, 6) is -5.78. The third kappa shape index (κ3) is 15.9. The summed E-state index contributed by atoms with van der Waals surface area (Å²) < 4.78 is 0. The molecule has 6 atom stereocenters. The Balaban J connectivity index is 3.22. The Kier molecular flexibility index (Phi) is 19.6. The maximum Gasteiger partial charge on any atom is 0.326 e. The van der Waals surface area contributed by atoms with E-state index in [1.54, 1.807) is 38.1 Å². The number of hydrogen-bond donors (Lipinski definition) is 9. The van der Waals surface area contributed by atoms with Gasteiger partial charge in [-0.1, -0.05) is 57.0 Å². The lowest BCUT2D eigenvalue weighted by Crippen LogP contribution is -2.60. The van der Waals surface area contributed by atoms with Gasteiger partial charge in [-0.3, -0.25) is 24.0 Å². The van der Waals surface area contributed by atoms with Gasteiger partial charge in [-0.05, 0) is 63.1 Å². The summed E-state index contributed by atoms with van der Waals surface area (Å²) >= 11 is 0. The molecule has 0 heterocycles. The molecule has 0 bridgehead atoms. The molecule has 47 heavy (non-hydrogen) atoms. The van der Waals surface area contributed by atoms with Crippen LogP contribution in [0.3, 0.4) is 0 Å². The van der Waals surface area contributed by atoms with Crippen molar-refractivity contribution in [2.75, 3.05) is 13.1 Å². The van der Waals surface area contributed by atoms with Crippen LogP contribution in [0.5, 0.6) is 0 Å². The Bertz CT molecular complexity index is 1150. The molecule has 0 aromatic heterocycles. The number of rotatable bonds is 24. The zero-order chi connectivity index (χ0) is 35.4. The third-order valence-electron chi connectivity index (χ3n) is 7.86. The molecule has 0 aliphatic carbocycles. The monoisotopic (exact) mass is 663 g/mol. The first-order valence-electron chi connectivity index (χ1n) is 16.2. The predicted molar refractivity (Wildman–Crippen MR) is 176 cm³/mol. The van der Waals surface area contributed by atoms with Crippen LogP contribution in [0.15, 0.2) is 30.3 Å². The molecular formula is C32H53N7O8. The summed E-state index contributed by atoms with van der Waals surface area (Å²) in [7, 11) is 0. The molecule has 0 radical (unpaired) electrons. The highest BCUT2D eigenvalue weighted by atomic mass is 16.4. The van der Waals surface area contributed by atoms with Crippen molar-refractivity contribution in [2.24, 2.45) is 23.1 Å². The molecule has 15 nitrogen and oxygen atoms in total. The molecule has 1 rings (SSSR count). The first-order chi connectivity index (χ1) is 22.3. The Morgan fingerprint density at radius 1 is 0.702 bits per heavy atom. The summed E-state index contributed by atoms with van der Waals surface area (Å²) in [5.41, 5.74) is 17.8. The standard InChI is InChI=1S/C32H53N7O8/c1-3-20(2)27(31(45)36-23(15-16-26(40)41)29(43)37-24(32(46)47)14-8-10-18-34)39-30(44)25(19-21-11-5-4-6-12-21)38-28(42)22(35)13-7-9-17-33/h4-6,11-12,20,22-25,27H,3,7-10,13-19,33-35H2,1-2H3,(H,36,45)(H,37,43)(H,38,42)(H,39,44)(H,40,41)(H,46,47)/t20-,22-,23-,24-,25-,27-/m0/s1.